The van der Waals surface area contributed by atoms with Crippen molar-refractivity contribution in [3.63, 3.8) is 0 Å². The zero-order valence-electron chi connectivity index (χ0n) is 18.3. The normalized spacial score (nSPS) is 15.7. The Morgan fingerprint density at radius 3 is 2.45 bits per heavy atom. The van der Waals surface area contributed by atoms with Crippen LogP contribution in [-0.4, -0.2) is 21.2 Å². The molecule has 0 radical (unpaired) electrons. The summed E-state index contributed by atoms with van der Waals surface area (Å²) < 4.78 is 1.61. The summed E-state index contributed by atoms with van der Waals surface area (Å²) in [4.78, 5) is 25.8. The first-order chi connectivity index (χ1) is 14.8. The summed E-state index contributed by atoms with van der Waals surface area (Å²) in [5.41, 5.74) is 2.92. The van der Waals surface area contributed by atoms with Crippen LogP contribution in [0.3, 0.4) is 0 Å². The van der Waals surface area contributed by atoms with Crippen LogP contribution in [-0.2, 0) is 17.8 Å². The predicted octanol–water partition coefficient (Wildman–Crippen LogP) is 4.49. The molecule has 2 N–H and O–H groups in total. The van der Waals surface area contributed by atoms with Gasteiger partial charge in [0.05, 0.1) is 18.6 Å². The maximum Gasteiger partial charge on any atom is 0.258 e. The molecule has 0 bridgehead atoms. The first-order valence-electron chi connectivity index (χ1n) is 11.0. The fraction of sp³-hybridized carbons (Fsp3) is 0.385. The van der Waals surface area contributed by atoms with Crippen LogP contribution in [0.15, 0.2) is 53.5 Å². The lowest BCUT2D eigenvalue weighted by Crippen LogP contribution is -2.39. The molecule has 5 heteroatoms. The molecule has 0 unspecified atom stereocenters. The summed E-state index contributed by atoms with van der Waals surface area (Å²) in [5.74, 6) is -0.113. The lowest BCUT2D eigenvalue weighted by atomic mass is 9.85. The zero-order chi connectivity index (χ0) is 22.0. The Morgan fingerprint density at radius 1 is 1.03 bits per heavy atom. The van der Waals surface area contributed by atoms with E-state index in [1.165, 1.54) is 0 Å². The number of nitrogens with zero attached hydrogens (tertiary/aromatic N) is 1. The van der Waals surface area contributed by atoms with E-state index in [1.807, 2.05) is 38.1 Å². The third-order valence-corrected chi connectivity index (χ3v) is 6.19. The quantitative estimate of drug-likeness (QED) is 0.641. The maximum absolute atomic E-state index is 13.1. The molecule has 162 valence electrons. The molecule has 0 aliphatic heterocycles. The molecular weight excluding hydrogens is 388 g/mol. The topological polar surface area (TPSA) is 71.3 Å². The smallest absolute Gasteiger partial charge is 0.258 e. The number of hydrogen-bond acceptors (Lipinski definition) is 3. The number of anilines is 1. The number of nitrogens with one attached hydrogen (secondary N) is 1. The van der Waals surface area contributed by atoms with E-state index in [9.17, 15) is 14.7 Å². The van der Waals surface area contributed by atoms with Crippen LogP contribution in [0.5, 0.6) is 0 Å². The lowest BCUT2D eigenvalue weighted by molar-refractivity contribution is -0.115. The number of hydrogen-bond donors (Lipinski definition) is 2. The predicted molar refractivity (Wildman–Crippen MR) is 124 cm³/mol. The molecule has 1 saturated carbocycles. The highest BCUT2D eigenvalue weighted by Crippen LogP contribution is 2.29. The second-order valence-corrected chi connectivity index (χ2v) is 9.02. The number of aryl methyl sites for hydroxylation is 2. The summed E-state index contributed by atoms with van der Waals surface area (Å²) in [7, 11) is 0. The Bertz CT molecular complexity index is 1150. The number of carbonyl (C=O) groups excluding carboxylic acids is 1. The van der Waals surface area contributed by atoms with Crippen molar-refractivity contribution in [2.75, 3.05) is 5.32 Å². The van der Waals surface area contributed by atoms with Gasteiger partial charge in [0, 0.05) is 22.7 Å². The molecule has 1 heterocycles. The van der Waals surface area contributed by atoms with Crippen LogP contribution in [0.25, 0.3) is 10.8 Å². The molecule has 0 atom stereocenters. The molecule has 31 heavy (non-hydrogen) atoms. The van der Waals surface area contributed by atoms with E-state index in [-0.39, 0.29) is 17.9 Å². The Hall–Kier alpha value is -2.92. The van der Waals surface area contributed by atoms with Crippen molar-refractivity contribution in [2.45, 2.75) is 64.5 Å². The summed E-state index contributed by atoms with van der Waals surface area (Å²) >= 11 is 0. The molecule has 2 aromatic carbocycles. The molecule has 1 fully saturated rings. The van der Waals surface area contributed by atoms with Crippen LogP contribution in [0, 0.1) is 13.8 Å². The first kappa shape index (κ1) is 21.3. The van der Waals surface area contributed by atoms with Gasteiger partial charge in [0.15, 0.2) is 0 Å². The van der Waals surface area contributed by atoms with Gasteiger partial charge in [-0.15, -0.1) is 0 Å². The van der Waals surface area contributed by atoms with Crippen LogP contribution >= 0.6 is 0 Å². The fourth-order valence-corrected chi connectivity index (χ4v) is 4.79. The summed E-state index contributed by atoms with van der Waals surface area (Å²) in [6.07, 6.45) is 6.60. The van der Waals surface area contributed by atoms with Gasteiger partial charge in [0.1, 0.15) is 0 Å². The minimum atomic E-state index is -0.812. The van der Waals surface area contributed by atoms with Crippen molar-refractivity contribution in [2.24, 2.45) is 0 Å². The molecule has 0 saturated heterocycles. The monoisotopic (exact) mass is 418 g/mol. The zero-order valence-corrected chi connectivity index (χ0v) is 18.3. The number of carbonyl (C=O) groups is 1. The van der Waals surface area contributed by atoms with Gasteiger partial charge in [-0.2, -0.15) is 0 Å². The van der Waals surface area contributed by atoms with Gasteiger partial charge in [-0.25, -0.2) is 0 Å². The summed E-state index contributed by atoms with van der Waals surface area (Å²) in [5, 5.41) is 15.1. The van der Waals surface area contributed by atoms with Crippen molar-refractivity contribution >= 4 is 22.4 Å². The highest BCUT2D eigenvalue weighted by molar-refractivity contribution is 6.02. The van der Waals surface area contributed by atoms with Crippen molar-refractivity contribution in [3.8, 4) is 0 Å². The second kappa shape index (κ2) is 8.67. The fourth-order valence-electron chi connectivity index (χ4n) is 4.79. The van der Waals surface area contributed by atoms with Gasteiger partial charge in [-0.3, -0.25) is 9.59 Å². The molecule has 1 amide bonds. The molecule has 0 spiro atoms. The summed E-state index contributed by atoms with van der Waals surface area (Å²) in [6, 6.07) is 13.4. The van der Waals surface area contributed by atoms with Crippen molar-refractivity contribution in [1.29, 1.82) is 0 Å². The molecule has 1 aromatic heterocycles. The highest BCUT2D eigenvalue weighted by Gasteiger charge is 2.30. The molecule has 1 aliphatic carbocycles. The number of benzene rings is 2. The van der Waals surface area contributed by atoms with Crippen LogP contribution in [0.2, 0.25) is 0 Å². The SMILES string of the molecule is Cc1cc(C)cc(CC(=O)Nc2cccc3c(=O)n(CC4(O)CCCCC4)ccc23)c1. The Balaban J connectivity index is 1.57. The van der Waals surface area contributed by atoms with E-state index in [4.69, 9.17) is 0 Å². The third-order valence-electron chi connectivity index (χ3n) is 6.19. The van der Waals surface area contributed by atoms with E-state index in [1.54, 1.807) is 22.9 Å². The van der Waals surface area contributed by atoms with E-state index in [0.717, 1.165) is 48.8 Å². The maximum atomic E-state index is 13.1. The third kappa shape index (κ3) is 4.88. The Morgan fingerprint density at radius 2 is 1.74 bits per heavy atom. The van der Waals surface area contributed by atoms with Gasteiger partial charge in [-0.1, -0.05) is 54.7 Å². The summed E-state index contributed by atoms with van der Waals surface area (Å²) in [6.45, 7) is 4.35. The van der Waals surface area contributed by atoms with Crippen LogP contribution in [0.4, 0.5) is 5.69 Å². The second-order valence-electron chi connectivity index (χ2n) is 9.02. The first-order valence-corrected chi connectivity index (χ1v) is 11.0. The van der Waals surface area contributed by atoms with Crippen molar-refractivity contribution in [3.05, 3.63) is 75.7 Å². The van der Waals surface area contributed by atoms with E-state index >= 15 is 0 Å². The highest BCUT2D eigenvalue weighted by atomic mass is 16.3. The standard InChI is InChI=1S/C26H30N2O3/c1-18-13-19(2)15-20(14-18)16-24(29)27-23-8-6-7-22-21(23)9-12-28(25(22)30)17-26(31)10-4-3-5-11-26/h6-9,12-15,31H,3-5,10-11,16-17H2,1-2H3,(H,27,29). The molecular formula is C26H30N2O3. The van der Waals surface area contributed by atoms with Gasteiger partial charge in [-0.05, 0) is 50.5 Å². The number of aromatic nitrogens is 1. The number of rotatable bonds is 5. The number of aliphatic hydroxyl groups is 1. The van der Waals surface area contributed by atoms with Gasteiger partial charge >= 0.3 is 0 Å². The van der Waals surface area contributed by atoms with Crippen LogP contribution in [0.1, 0.15) is 48.8 Å². The number of amides is 1. The average molecular weight is 419 g/mol. The van der Waals surface area contributed by atoms with Gasteiger partial charge in [0.2, 0.25) is 5.91 Å². The van der Waals surface area contributed by atoms with Crippen molar-refractivity contribution < 1.29 is 9.90 Å². The Kier molecular flexibility index (Phi) is 5.96. The number of fused-ring (bicyclic) bond motifs is 1. The van der Waals surface area contributed by atoms with E-state index < -0.39 is 5.60 Å². The van der Waals surface area contributed by atoms with Gasteiger partial charge in [0.25, 0.3) is 5.56 Å². The molecule has 3 aromatic rings. The largest absolute Gasteiger partial charge is 0.388 e. The van der Waals surface area contributed by atoms with Crippen molar-refractivity contribution in [1.82, 2.24) is 4.57 Å². The minimum absolute atomic E-state index is 0.113. The average Bonchev–Trinajstić information content (AvgIpc) is 2.70. The minimum Gasteiger partial charge on any atom is -0.388 e. The van der Waals surface area contributed by atoms with E-state index in [2.05, 4.69) is 11.4 Å². The molecule has 5 nitrogen and oxygen atoms in total. The van der Waals surface area contributed by atoms with E-state index in [0.29, 0.717) is 23.0 Å². The molecule has 1 aliphatic rings. The Labute approximate surface area is 182 Å². The van der Waals surface area contributed by atoms with Crippen LogP contribution < -0.4 is 10.9 Å². The lowest BCUT2D eigenvalue weighted by Gasteiger charge is -2.32. The molecule has 4 rings (SSSR count). The number of pyridine rings is 1. The van der Waals surface area contributed by atoms with Gasteiger partial charge < -0.3 is 15.0 Å².